The Morgan fingerprint density at radius 3 is 2.69 bits per heavy atom. The second-order valence-electron chi connectivity index (χ2n) is 3.29. The zero-order valence-corrected chi connectivity index (χ0v) is 9.21. The van der Waals surface area contributed by atoms with Crippen LogP contribution in [0, 0.1) is 10.1 Å². The van der Waals surface area contributed by atoms with E-state index in [2.05, 4.69) is 0 Å². The van der Waals surface area contributed by atoms with Crippen LogP contribution in [-0.4, -0.2) is 37.3 Å². The summed E-state index contributed by atoms with van der Waals surface area (Å²) in [5, 5.41) is 19.5. The number of nitrogens with zero attached hydrogens (tertiary/aromatic N) is 2. The van der Waals surface area contributed by atoms with Crippen molar-refractivity contribution in [1.29, 1.82) is 0 Å². The number of aliphatic hydroxyl groups excluding tert-OH is 1. The highest BCUT2D eigenvalue weighted by atomic mass is 16.6. The van der Waals surface area contributed by atoms with Gasteiger partial charge < -0.3 is 14.7 Å². The molecule has 6 nitrogen and oxygen atoms in total. The summed E-state index contributed by atoms with van der Waals surface area (Å²) in [6.45, 7) is 0.395. The van der Waals surface area contributed by atoms with Gasteiger partial charge in [0.15, 0.2) is 0 Å². The first-order valence-electron chi connectivity index (χ1n) is 4.74. The third-order valence-electron chi connectivity index (χ3n) is 2.20. The van der Waals surface area contributed by atoms with Gasteiger partial charge in [0.1, 0.15) is 5.75 Å². The van der Waals surface area contributed by atoms with Gasteiger partial charge in [-0.25, -0.2) is 0 Å². The minimum atomic E-state index is -0.473. The molecule has 1 N–H and O–H groups in total. The molecule has 0 saturated heterocycles. The maximum Gasteiger partial charge on any atom is 0.275 e. The zero-order valence-electron chi connectivity index (χ0n) is 9.21. The van der Waals surface area contributed by atoms with E-state index in [9.17, 15) is 10.1 Å². The topological polar surface area (TPSA) is 75.8 Å². The third kappa shape index (κ3) is 2.83. The lowest BCUT2D eigenvalue weighted by Gasteiger charge is -2.18. The summed E-state index contributed by atoms with van der Waals surface area (Å²) in [6.07, 6.45) is 0. The molecule has 16 heavy (non-hydrogen) atoms. The minimum absolute atomic E-state index is 0.0124. The van der Waals surface area contributed by atoms with E-state index in [4.69, 9.17) is 9.84 Å². The molecule has 1 rings (SSSR count). The van der Waals surface area contributed by atoms with Crippen LogP contribution in [-0.2, 0) is 0 Å². The Morgan fingerprint density at radius 1 is 1.50 bits per heavy atom. The highest BCUT2D eigenvalue weighted by molar-refractivity contribution is 5.57. The number of rotatable bonds is 5. The predicted octanol–water partition coefficient (Wildman–Crippen LogP) is 1.03. The number of non-ortho nitro benzene ring substituents is 1. The predicted molar refractivity (Wildman–Crippen MR) is 60.0 cm³/mol. The van der Waals surface area contributed by atoms with Crippen molar-refractivity contribution in [3.8, 4) is 5.75 Å². The molecule has 0 bridgehead atoms. The van der Waals surface area contributed by atoms with Gasteiger partial charge in [0.2, 0.25) is 0 Å². The van der Waals surface area contributed by atoms with Crippen LogP contribution in [0.4, 0.5) is 11.4 Å². The van der Waals surface area contributed by atoms with Crippen LogP contribution in [0.25, 0.3) is 0 Å². The Balaban J connectivity index is 3.08. The van der Waals surface area contributed by atoms with E-state index in [0.29, 0.717) is 18.0 Å². The normalized spacial score (nSPS) is 9.94. The lowest BCUT2D eigenvalue weighted by Crippen LogP contribution is -2.21. The van der Waals surface area contributed by atoms with Crippen LogP contribution < -0.4 is 9.64 Å². The number of nitro groups is 1. The Kier molecular flexibility index (Phi) is 4.07. The Labute approximate surface area is 93.2 Å². The molecule has 0 aliphatic heterocycles. The molecule has 0 heterocycles. The van der Waals surface area contributed by atoms with E-state index in [1.54, 1.807) is 18.0 Å². The maximum absolute atomic E-state index is 10.7. The molecule has 0 unspecified atom stereocenters. The number of nitro benzene ring substituents is 1. The van der Waals surface area contributed by atoms with E-state index in [0.717, 1.165) is 0 Å². The number of hydrogen-bond acceptors (Lipinski definition) is 5. The van der Waals surface area contributed by atoms with Crippen LogP contribution in [0.5, 0.6) is 5.75 Å². The Bertz CT molecular complexity index is 381. The van der Waals surface area contributed by atoms with Crippen molar-refractivity contribution >= 4 is 11.4 Å². The van der Waals surface area contributed by atoms with Crippen molar-refractivity contribution in [2.24, 2.45) is 0 Å². The van der Waals surface area contributed by atoms with Gasteiger partial charge in [-0.2, -0.15) is 0 Å². The van der Waals surface area contributed by atoms with Gasteiger partial charge in [0.05, 0.1) is 24.7 Å². The largest absolute Gasteiger partial charge is 0.496 e. The van der Waals surface area contributed by atoms with Crippen LogP contribution in [0.3, 0.4) is 0 Å². The van der Waals surface area contributed by atoms with Crippen molar-refractivity contribution in [3.05, 3.63) is 28.3 Å². The van der Waals surface area contributed by atoms with Crippen molar-refractivity contribution in [3.63, 3.8) is 0 Å². The highest BCUT2D eigenvalue weighted by Gasteiger charge is 2.12. The molecule has 1 aromatic rings. The van der Waals surface area contributed by atoms with Gasteiger partial charge in [-0.05, 0) is 0 Å². The fourth-order valence-corrected chi connectivity index (χ4v) is 1.29. The van der Waals surface area contributed by atoms with E-state index < -0.39 is 4.92 Å². The average Bonchev–Trinajstić information content (AvgIpc) is 2.28. The van der Waals surface area contributed by atoms with Crippen molar-refractivity contribution in [2.45, 2.75) is 0 Å². The SMILES string of the molecule is COc1cc(N(C)CCO)cc([N+](=O)[O-])c1. The van der Waals surface area contributed by atoms with Crippen LogP contribution in [0.1, 0.15) is 0 Å². The van der Waals surface area contributed by atoms with Crippen molar-refractivity contribution < 1.29 is 14.8 Å². The number of ether oxygens (including phenoxy) is 1. The molecule has 0 amide bonds. The van der Waals surface area contributed by atoms with Gasteiger partial charge in [-0.1, -0.05) is 0 Å². The Morgan fingerprint density at radius 2 is 2.19 bits per heavy atom. The second kappa shape index (κ2) is 5.32. The summed E-state index contributed by atoms with van der Waals surface area (Å²) in [6, 6.07) is 4.48. The number of methoxy groups -OCH3 is 1. The lowest BCUT2D eigenvalue weighted by molar-refractivity contribution is -0.384. The second-order valence-corrected chi connectivity index (χ2v) is 3.29. The fraction of sp³-hybridized carbons (Fsp3) is 0.400. The molecule has 0 spiro atoms. The van der Waals surface area contributed by atoms with Crippen LogP contribution in [0.15, 0.2) is 18.2 Å². The van der Waals surface area contributed by atoms with Gasteiger partial charge >= 0.3 is 0 Å². The van der Waals surface area contributed by atoms with E-state index >= 15 is 0 Å². The van der Waals surface area contributed by atoms with E-state index in [1.165, 1.54) is 19.2 Å². The number of hydrogen-bond donors (Lipinski definition) is 1. The molecule has 0 aromatic heterocycles. The molecular weight excluding hydrogens is 212 g/mol. The molecule has 1 aromatic carbocycles. The quantitative estimate of drug-likeness (QED) is 0.599. The molecule has 0 aliphatic carbocycles. The molecular formula is C10H14N2O4. The van der Waals surface area contributed by atoms with Crippen LogP contribution >= 0.6 is 0 Å². The lowest BCUT2D eigenvalue weighted by atomic mass is 10.2. The minimum Gasteiger partial charge on any atom is -0.496 e. The standard InChI is InChI=1S/C10H14N2O4/c1-11(3-4-13)8-5-9(12(14)15)7-10(6-8)16-2/h5-7,13H,3-4H2,1-2H3. The van der Waals surface area contributed by atoms with E-state index in [1.807, 2.05) is 0 Å². The average molecular weight is 226 g/mol. The summed E-state index contributed by atoms with van der Waals surface area (Å²) in [7, 11) is 3.20. The van der Waals surface area contributed by atoms with Gasteiger partial charge in [-0.3, -0.25) is 10.1 Å². The van der Waals surface area contributed by atoms with Crippen LogP contribution in [0.2, 0.25) is 0 Å². The van der Waals surface area contributed by atoms with E-state index in [-0.39, 0.29) is 12.3 Å². The molecule has 0 fully saturated rings. The Hall–Kier alpha value is -1.82. The zero-order chi connectivity index (χ0) is 12.1. The summed E-state index contributed by atoms with van der Waals surface area (Å²) >= 11 is 0. The smallest absolute Gasteiger partial charge is 0.275 e. The summed E-state index contributed by atoms with van der Waals surface area (Å²) in [5.41, 5.74) is 0.610. The fourth-order valence-electron chi connectivity index (χ4n) is 1.29. The van der Waals surface area contributed by atoms with Gasteiger partial charge in [0, 0.05) is 31.4 Å². The molecule has 0 radical (unpaired) electrons. The highest BCUT2D eigenvalue weighted by Crippen LogP contribution is 2.27. The summed E-state index contributed by atoms with van der Waals surface area (Å²) in [5.74, 6) is 0.425. The van der Waals surface area contributed by atoms with Crippen molar-refractivity contribution in [1.82, 2.24) is 0 Å². The number of benzene rings is 1. The third-order valence-corrected chi connectivity index (χ3v) is 2.20. The number of anilines is 1. The molecule has 88 valence electrons. The molecule has 6 heteroatoms. The first-order chi connectivity index (χ1) is 7.58. The maximum atomic E-state index is 10.7. The first kappa shape index (κ1) is 12.3. The molecule has 0 aliphatic rings. The van der Waals surface area contributed by atoms with Crippen molar-refractivity contribution in [2.75, 3.05) is 32.2 Å². The number of aliphatic hydroxyl groups is 1. The summed E-state index contributed by atoms with van der Waals surface area (Å²) in [4.78, 5) is 11.9. The molecule has 0 atom stereocenters. The van der Waals surface area contributed by atoms with Gasteiger partial charge in [0.25, 0.3) is 5.69 Å². The molecule has 0 saturated carbocycles. The summed E-state index contributed by atoms with van der Waals surface area (Å²) < 4.78 is 4.98. The first-order valence-corrected chi connectivity index (χ1v) is 4.74. The van der Waals surface area contributed by atoms with Gasteiger partial charge in [-0.15, -0.1) is 0 Å². The number of likely N-dealkylation sites (N-methyl/N-ethyl adjacent to an activating group) is 1. The monoisotopic (exact) mass is 226 g/mol.